The minimum atomic E-state index is -0.655. The fraction of sp³-hybridized carbons (Fsp3) is 0. The molecule has 0 bridgehead atoms. The van der Waals surface area contributed by atoms with Crippen LogP contribution in [0.25, 0.3) is 0 Å². The van der Waals surface area contributed by atoms with Gasteiger partial charge in [0.1, 0.15) is 0 Å². The van der Waals surface area contributed by atoms with E-state index in [0.717, 1.165) is 14.1 Å². The fourth-order valence-corrected chi connectivity index (χ4v) is 1.71. The van der Waals surface area contributed by atoms with Gasteiger partial charge in [-0.05, 0) is 0 Å². The first-order valence-corrected chi connectivity index (χ1v) is 6.41. The van der Waals surface area contributed by atoms with E-state index < -0.39 is 5.87 Å². The molecule has 2 nitrogen and oxygen atoms in total. The zero-order chi connectivity index (χ0) is 11.5. The molecule has 66 valence electrons. The average molecular weight is 188 g/mol. The lowest BCUT2D eigenvalue weighted by molar-refractivity contribution is 0.220. The molecule has 1 N–H and O–H groups in total. The van der Waals surface area contributed by atoms with Gasteiger partial charge < -0.3 is 5.11 Å². The predicted octanol–water partition coefficient (Wildman–Crippen LogP) is -7.84. The third kappa shape index (κ3) is 10.5. The third-order valence-electron chi connectivity index (χ3n) is 2.91. The van der Waals surface area contributed by atoms with E-state index in [-0.39, 0.29) is 6.49 Å². The fourth-order valence-electron chi connectivity index (χ4n) is 1.71. The molecule has 0 aliphatic carbocycles. The molecule has 0 atom stereocenters. The Morgan fingerprint density at radius 2 is 1.47 bits per heavy atom. The van der Waals surface area contributed by atoms with E-state index in [1.807, 2.05) is 0 Å². The van der Waals surface area contributed by atoms with Crippen molar-refractivity contribution in [3.05, 3.63) is 0 Å². The summed E-state index contributed by atoms with van der Waals surface area (Å²) in [6, 6.07) is 0. The first-order chi connectivity index (χ1) is 7.18. The van der Waals surface area contributed by atoms with Crippen LogP contribution in [-0.4, -0.2) is 96.5 Å². The quantitative estimate of drug-likeness (QED) is 0.273. The van der Waals surface area contributed by atoms with E-state index in [0.29, 0.717) is 0 Å². The standard InChI is InChI=1S/CH14B12O2/c2-4-5-6-7-8-9-10-11-12-13(3)1(14)15/h4-12H,2-3H2,(H,14,15). The summed E-state index contributed by atoms with van der Waals surface area (Å²) >= 11 is 0. The maximum absolute atomic E-state index is 10.5. The van der Waals surface area contributed by atoms with Crippen LogP contribution in [0.3, 0.4) is 0 Å². The van der Waals surface area contributed by atoms with Crippen molar-refractivity contribution in [2.75, 3.05) is 0 Å². The summed E-state index contributed by atoms with van der Waals surface area (Å²) in [5.41, 5.74) is 0. The zero-order valence-corrected chi connectivity index (χ0v) is 10.3. The van der Waals surface area contributed by atoms with Crippen molar-refractivity contribution in [1.82, 2.24) is 0 Å². The Hall–Kier alpha value is 0.249. The highest BCUT2D eigenvalue weighted by Crippen LogP contribution is 1.73. The summed E-state index contributed by atoms with van der Waals surface area (Å²) in [4.78, 5) is 10.5. The second-order valence-electron chi connectivity index (χ2n) is 4.50. The molecular formula is CH14B12O2. The Morgan fingerprint density at radius 1 is 1.00 bits per heavy atom. The van der Waals surface area contributed by atoms with Gasteiger partial charge in [-0.15, -0.1) is 0 Å². The molecule has 0 rings (SSSR count). The van der Waals surface area contributed by atoms with Crippen molar-refractivity contribution in [2.24, 2.45) is 0 Å². The van der Waals surface area contributed by atoms with E-state index in [1.165, 1.54) is 49.4 Å². The molecular weight excluding hydrogens is 174 g/mol. The van der Waals surface area contributed by atoms with Crippen LogP contribution in [0, 0.1) is 0 Å². The predicted molar refractivity (Wildman–Crippen MR) is 95.2 cm³/mol. The Kier molecular flexibility index (Phi) is 10.9. The van der Waals surface area contributed by atoms with Gasteiger partial charge in [-0.2, -0.15) is 0 Å². The molecule has 0 fully saturated rings. The zero-order valence-electron chi connectivity index (χ0n) is 10.3. The topological polar surface area (TPSA) is 37.3 Å². The monoisotopic (exact) mass is 190 g/mol. The molecule has 14 heteroatoms. The van der Waals surface area contributed by atoms with Crippen LogP contribution in [0.4, 0.5) is 4.79 Å². The smallest absolute Gasteiger partial charge is 0.231 e. The van der Waals surface area contributed by atoms with Crippen molar-refractivity contribution in [3.8, 4) is 0 Å². The van der Waals surface area contributed by atoms with E-state index in [9.17, 15) is 4.79 Å². The number of carbonyl (C=O) groups is 1. The van der Waals surface area contributed by atoms with E-state index in [2.05, 4.69) is 7.74 Å². The number of rotatable bonds is 10. The summed E-state index contributed by atoms with van der Waals surface area (Å²) in [6.45, 7) is -0.162. The second kappa shape index (κ2) is 10.8. The molecule has 15 heavy (non-hydrogen) atoms. The molecule has 0 aromatic rings. The van der Waals surface area contributed by atoms with Crippen LogP contribution < -0.4 is 0 Å². The summed E-state index contributed by atoms with van der Waals surface area (Å²) in [5.74, 6) is -0.655. The number of carboxylic acid groups (broad SMARTS) is 1. The minimum Gasteiger partial charge on any atom is -0.490 e. The molecule has 0 aliphatic heterocycles. The van der Waals surface area contributed by atoms with Crippen molar-refractivity contribution in [3.63, 3.8) is 0 Å². The average Bonchev–Trinajstić information content (AvgIpc) is 2.21. The Bertz CT molecular complexity index is 160. The molecule has 0 spiro atoms. The molecule has 0 radical (unpaired) electrons. The van der Waals surface area contributed by atoms with Crippen LogP contribution in [0.1, 0.15) is 0 Å². The number of hydrogen-bond donors (Lipinski definition) is 1. The molecule has 0 aromatic carbocycles. The highest BCUT2D eigenvalue weighted by molar-refractivity contribution is 7.73. The van der Waals surface area contributed by atoms with Gasteiger partial charge in [0.15, 0.2) is 6.49 Å². The van der Waals surface area contributed by atoms with E-state index >= 15 is 0 Å². The van der Waals surface area contributed by atoms with Gasteiger partial charge in [0.25, 0.3) is 0 Å². The largest absolute Gasteiger partial charge is 0.490 e. The van der Waals surface area contributed by atoms with Gasteiger partial charge in [-0.1, -0.05) is 0 Å². The van der Waals surface area contributed by atoms with E-state index in [4.69, 9.17) is 5.11 Å². The minimum absolute atomic E-state index is 0.162. The summed E-state index contributed by atoms with van der Waals surface area (Å²) in [5, 5.41) is 8.68. The molecule has 0 saturated heterocycles. The maximum atomic E-state index is 10.5. The molecule has 0 unspecified atom stereocenters. The van der Waals surface area contributed by atoms with Gasteiger partial charge in [-0.3, -0.25) is 4.79 Å². The van der Waals surface area contributed by atoms with Crippen molar-refractivity contribution >= 4 is 91.4 Å². The Balaban J connectivity index is 3.08. The first-order valence-electron chi connectivity index (χ1n) is 6.41. The van der Waals surface area contributed by atoms with Crippen LogP contribution >= 0.6 is 0 Å². The van der Waals surface area contributed by atoms with Crippen molar-refractivity contribution < 1.29 is 9.90 Å². The highest BCUT2D eigenvalue weighted by Gasteiger charge is 2.16. The van der Waals surface area contributed by atoms with Gasteiger partial charge >= 0.3 is 0 Å². The summed E-state index contributed by atoms with van der Waals surface area (Å²) in [6.07, 6.45) is 0. The van der Waals surface area contributed by atoms with Gasteiger partial charge in [-0.25, -0.2) is 0 Å². The first kappa shape index (κ1) is 15.2. The lowest BCUT2D eigenvalue weighted by Crippen LogP contribution is -2.40. The Morgan fingerprint density at radius 3 is 1.93 bits per heavy atom. The van der Waals surface area contributed by atoms with E-state index in [1.54, 1.807) is 7.74 Å². The molecule has 0 aromatic heterocycles. The van der Waals surface area contributed by atoms with Crippen molar-refractivity contribution in [1.29, 1.82) is 0 Å². The molecule has 0 aliphatic rings. The lowest BCUT2D eigenvalue weighted by Gasteiger charge is -1.97. The van der Waals surface area contributed by atoms with Gasteiger partial charge in [0.05, 0.1) is 22.5 Å². The van der Waals surface area contributed by atoms with Crippen LogP contribution in [0.15, 0.2) is 0 Å². The normalized spacial score (nSPS) is 7.73. The summed E-state index contributed by atoms with van der Waals surface area (Å²) < 4.78 is 0. The molecule has 0 amide bonds. The Labute approximate surface area is 102 Å². The number of hydrogen-bond acceptors (Lipinski definition) is 1. The lowest BCUT2D eigenvalue weighted by atomic mass is 8.85. The SMILES string of the molecule is BBBBBBBBBBB(B)C(=O)O. The maximum Gasteiger partial charge on any atom is 0.231 e. The second-order valence-corrected chi connectivity index (χ2v) is 4.50. The van der Waals surface area contributed by atoms with Crippen LogP contribution in [-0.2, 0) is 0 Å². The van der Waals surface area contributed by atoms with Gasteiger partial charge in [0, 0.05) is 56.5 Å². The van der Waals surface area contributed by atoms with Crippen LogP contribution in [0.5, 0.6) is 0 Å². The summed E-state index contributed by atoms with van der Waals surface area (Å²) in [7, 11) is 15.1. The van der Waals surface area contributed by atoms with Crippen LogP contribution in [0.2, 0.25) is 0 Å². The highest BCUT2D eigenvalue weighted by atomic mass is 16.4. The van der Waals surface area contributed by atoms with Crippen molar-refractivity contribution in [2.45, 2.75) is 0 Å². The molecule has 0 heterocycles. The van der Waals surface area contributed by atoms with Gasteiger partial charge in [0.2, 0.25) is 5.87 Å². The molecule has 0 saturated carbocycles. The third-order valence-corrected chi connectivity index (χ3v) is 2.91.